The Morgan fingerprint density at radius 3 is 2.43 bits per heavy atom. The maximum Gasteiger partial charge on any atom is 0.294 e. The fourth-order valence-corrected chi connectivity index (χ4v) is 4.62. The molecule has 176 valence electrons. The number of fused-ring (bicyclic) bond motifs is 1. The number of furan rings is 1. The van der Waals surface area contributed by atoms with Crippen molar-refractivity contribution in [2.24, 2.45) is 0 Å². The Bertz CT molecular complexity index is 1570. The number of aliphatic hydroxyl groups excluding tert-OH is 1. The van der Waals surface area contributed by atoms with E-state index in [4.69, 9.17) is 27.6 Å². The van der Waals surface area contributed by atoms with Gasteiger partial charge in [0, 0.05) is 16.1 Å². The highest BCUT2D eigenvalue weighted by molar-refractivity contribution is 6.32. The van der Waals surface area contributed by atoms with Crippen LogP contribution in [0.25, 0.3) is 11.0 Å². The highest BCUT2D eigenvalue weighted by atomic mass is 35.5. The Balaban J connectivity index is 1.68. The Morgan fingerprint density at radius 2 is 1.71 bits per heavy atom. The van der Waals surface area contributed by atoms with Crippen molar-refractivity contribution < 1.29 is 24.2 Å². The number of aryl methyl sites for hydroxylation is 2. The van der Waals surface area contributed by atoms with Gasteiger partial charge in [-0.15, -0.1) is 0 Å². The van der Waals surface area contributed by atoms with Crippen LogP contribution in [-0.4, -0.2) is 21.9 Å². The minimum atomic E-state index is -1.01. The highest BCUT2D eigenvalue weighted by Gasteiger charge is 2.45. The van der Waals surface area contributed by atoms with Gasteiger partial charge in [0.15, 0.2) is 11.5 Å². The maximum atomic E-state index is 13.7. The topological polar surface area (TPSA) is 91.0 Å². The molecule has 2 N–H and O–H groups in total. The molecule has 1 aromatic heterocycles. The number of hydrogen-bond acceptors (Lipinski definition) is 5. The molecule has 4 aromatic rings. The molecule has 6 nitrogen and oxygen atoms in total. The summed E-state index contributed by atoms with van der Waals surface area (Å²) >= 11 is 12.2. The fraction of sp³-hybridized carbons (Fsp3) is 0.111. The molecule has 1 atom stereocenters. The van der Waals surface area contributed by atoms with E-state index in [0.717, 1.165) is 11.1 Å². The monoisotopic (exact) mass is 507 g/mol. The van der Waals surface area contributed by atoms with Crippen molar-refractivity contribution in [3.05, 3.63) is 104 Å². The number of phenols is 1. The molecule has 0 saturated heterocycles. The van der Waals surface area contributed by atoms with Crippen molar-refractivity contribution in [2.45, 2.75) is 19.9 Å². The Kier molecular flexibility index (Phi) is 5.58. The molecular weight excluding hydrogens is 489 g/mol. The predicted molar refractivity (Wildman–Crippen MR) is 134 cm³/mol. The second-order valence-corrected chi connectivity index (χ2v) is 9.28. The largest absolute Gasteiger partial charge is 0.506 e. The van der Waals surface area contributed by atoms with Gasteiger partial charge in [-0.1, -0.05) is 35.3 Å². The summed E-state index contributed by atoms with van der Waals surface area (Å²) in [5.74, 6) is -2.25. The number of carbonyl (C=O) groups excluding carboxylic acids is 2. The average molecular weight is 508 g/mol. The van der Waals surface area contributed by atoms with E-state index in [1.807, 2.05) is 26.0 Å². The lowest BCUT2D eigenvalue weighted by Crippen LogP contribution is -2.31. The predicted octanol–water partition coefficient (Wildman–Crippen LogP) is 6.84. The van der Waals surface area contributed by atoms with Gasteiger partial charge in [-0.3, -0.25) is 14.5 Å². The lowest BCUT2D eigenvalue weighted by Gasteiger charge is -2.27. The van der Waals surface area contributed by atoms with E-state index in [1.165, 1.54) is 23.1 Å². The molecule has 0 saturated carbocycles. The van der Waals surface area contributed by atoms with Crippen LogP contribution in [0, 0.1) is 13.8 Å². The highest BCUT2D eigenvalue weighted by Crippen LogP contribution is 2.44. The summed E-state index contributed by atoms with van der Waals surface area (Å²) in [7, 11) is 0. The SMILES string of the molecule is Cc1ccc(N2C(=O)C(O)=C(C(=O)c3cc4cc(Cl)ccc4o3)C2c2ccc(O)c(Cl)c2)cc1C. The Hall–Kier alpha value is -3.74. The van der Waals surface area contributed by atoms with E-state index in [0.29, 0.717) is 27.2 Å². The van der Waals surface area contributed by atoms with Crippen LogP contribution >= 0.6 is 23.2 Å². The van der Waals surface area contributed by atoms with Crippen molar-refractivity contribution in [3.63, 3.8) is 0 Å². The molecule has 1 unspecified atom stereocenters. The van der Waals surface area contributed by atoms with E-state index in [1.54, 1.807) is 30.3 Å². The van der Waals surface area contributed by atoms with Gasteiger partial charge in [-0.2, -0.15) is 0 Å². The van der Waals surface area contributed by atoms with Crippen LogP contribution < -0.4 is 4.90 Å². The zero-order valence-electron chi connectivity index (χ0n) is 18.7. The van der Waals surface area contributed by atoms with Crippen LogP contribution in [0.2, 0.25) is 10.0 Å². The maximum absolute atomic E-state index is 13.7. The molecule has 0 fully saturated rings. The van der Waals surface area contributed by atoms with Crippen LogP contribution in [0.15, 0.2) is 76.4 Å². The molecule has 0 spiro atoms. The van der Waals surface area contributed by atoms with Crippen LogP contribution in [0.3, 0.4) is 0 Å². The summed E-state index contributed by atoms with van der Waals surface area (Å²) in [6, 6.07) is 15.3. The normalized spacial score (nSPS) is 15.9. The zero-order valence-corrected chi connectivity index (χ0v) is 20.2. The lowest BCUT2D eigenvalue weighted by molar-refractivity contribution is -0.117. The van der Waals surface area contributed by atoms with Crippen LogP contribution in [0.4, 0.5) is 5.69 Å². The van der Waals surface area contributed by atoms with Gasteiger partial charge >= 0.3 is 0 Å². The third-order valence-electron chi connectivity index (χ3n) is 6.21. The van der Waals surface area contributed by atoms with Crippen LogP contribution in [0.1, 0.15) is 33.3 Å². The minimum Gasteiger partial charge on any atom is -0.506 e. The first-order valence-electron chi connectivity index (χ1n) is 10.7. The smallest absolute Gasteiger partial charge is 0.294 e. The molecule has 2 heterocycles. The number of carbonyl (C=O) groups is 2. The molecule has 0 radical (unpaired) electrons. The van der Waals surface area contributed by atoms with Crippen molar-refractivity contribution >= 4 is 51.5 Å². The van der Waals surface area contributed by atoms with Crippen LogP contribution in [-0.2, 0) is 4.79 Å². The van der Waals surface area contributed by atoms with Gasteiger partial charge in [0.05, 0.1) is 16.6 Å². The molecule has 35 heavy (non-hydrogen) atoms. The van der Waals surface area contributed by atoms with Gasteiger partial charge in [0.25, 0.3) is 5.91 Å². The van der Waals surface area contributed by atoms with Gasteiger partial charge in [-0.05, 0) is 79.1 Å². The van der Waals surface area contributed by atoms with Gasteiger partial charge in [0.1, 0.15) is 11.3 Å². The number of Topliss-reactive ketones (excluding diaryl/α,β-unsaturated/α-hetero) is 1. The second kappa shape index (κ2) is 8.48. The molecule has 3 aromatic carbocycles. The average Bonchev–Trinajstić information content (AvgIpc) is 3.36. The quantitative estimate of drug-likeness (QED) is 0.295. The fourth-order valence-electron chi connectivity index (χ4n) is 4.25. The number of anilines is 1. The molecule has 1 aliphatic rings. The molecule has 0 aliphatic carbocycles. The van der Waals surface area contributed by atoms with Crippen molar-refractivity contribution in [1.29, 1.82) is 0 Å². The number of aliphatic hydroxyl groups is 1. The van der Waals surface area contributed by atoms with Gasteiger partial charge < -0.3 is 14.6 Å². The van der Waals surface area contributed by atoms with E-state index in [2.05, 4.69) is 0 Å². The summed E-state index contributed by atoms with van der Waals surface area (Å²) in [6.45, 7) is 3.85. The lowest BCUT2D eigenvalue weighted by atomic mass is 9.94. The minimum absolute atomic E-state index is 0.0477. The van der Waals surface area contributed by atoms with Crippen molar-refractivity contribution in [1.82, 2.24) is 0 Å². The number of aromatic hydroxyl groups is 1. The van der Waals surface area contributed by atoms with Crippen molar-refractivity contribution in [3.8, 4) is 5.75 Å². The summed E-state index contributed by atoms with van der Waals surface area (Å²) in [4.78, 5) is 28.4. The summed E-state index contributed by atoms with van der Waals surface area (Å²) in [5.41, 5.74) is 3.19. The standard InChI is InChI=1S/C27H19Cl2NO5/c1-13-3-6-18(9-14(13)2)30-24(15-4-7-20(31)19(29)11-15)23(26(33)27(30)34)25(32)22-12-16-10-17(28)5-8-21(16)35-22/h3-12,24,31,33H,1-2H3. The summed E-state index contributed by atoms with van der Waals surface area (Å²) in [5, 5.41) is 22.0. The van der Waals surface area contributed by atoms with E-state index in [-0.39, 0.29) is 22.1 Å². The number of ketones is 1. The third-order valence-corrected chi connectivity index (χ3v) is 6.75. The first-order chi connectivity index (χ1) is 16.7. The first-order valence-corrected chi connectivity index (χ1v) is 11.5. The molecule has 8 heteroatoms. The molecule has 1 aliphatic heterocycles. The number of benzene rings is 3. The van der Waals surface area contributed by atoms with E-state index >= 15 is 0 Å². The van der Waals surface area contributed by atoms with Gasteiger partial charge in [-0.25, -0.2) is 0 Å². The number of hydrogen-bond donors (Lipinski definition) is 2. The first kappa shape index (κ1) is 23.0. The molecule has 5 rings (SSSR count). The number of halogens is 2. The Morgan fingerprint density at radius 1 is 0.943 bits per heavy atom. The number of amides is 1. The number of phenolic OH excluding ortho intramolecular Hbond substituents is 1. The summed E-state index contributed by atoms with van der Waals surface area (Å²) in [6.07, 6.45) is 0. The molecule has 0 bridgehead atoms. The third kappa shape index (κ3) is 3.85. The number of rotatable bonds is 4. The molecular formula is C27H19Cl2NO5. The van der Waals surface area contributed by atoms with Crippen LogP contribution in [0.5, 0.6) is 5.75 Å². The van der Waals surface area contributed by atoms with E-state index < -0.39 is 23.5 Å². The van der Waals surface area contributed by atoms with Crippen molar-refractivity contribution in [2.75, 3.05) is 4.90 Å². The van der Waals surface area contributed by atoms with E-state index in [9.17, 15) is 19.8 Å². The van der Waals surface area contributed by atoms with Gasteiger partial charge in [0.2, 0.25) is 5.78 Å². The summed E-state index contributed by atoms with van der Waals surface area (Å²) < 4.78 is 5.73. The Labute approximate surface area is 210 Å². The molecule has 1 amide bonds. The zero-order chi connectivity index (χ0) is 25.0. The second-order valence-electron chi connectivity index (χ2n) is 8.44. The number of nitrogens with zero attached hydrogens (tertiary/aromatic N) is 1.